The zero-order chi connectivity index (χ0) is 20.2. The number of carbonyl (C=O) groups excluding carboxylic acids is 2. The maximum absolute atomic E-state index is 12.1. The summed E-state index contributed by atoms with van der Waals surface area (Å²) in [6, 6.07) is 4.54. The number of rotatable bonds is 11. The number of hydrogen-bond donors (Lipinski definition) is 5. The van der Waals surface area contributed by atoms with E-state index >= 15 is 0 Å². The van der Waals surface area contributed by atoms with Gasteiger partial charge in [-0.2, -0.15) is 0 Å². The lowest BCUT2D eigenvalue weighted by Gasteiger charge is -2.09. The number of carboxylic acid groups (broad SMARTS) is 1. The molecule has 0 aliphatic rings. The lowest BCUT2D eigenvalue weighted by atomic mass is 10.1. The van der Waals surface area contributed by atoms with Crippen LogP contribution in [0.25, 0.3) is 0 Å². The van der Waals surface area contributed by atoms with Gasteiger partial charge in [0.05, 0.1) is 17.0 Å². The number of hydrogen-bond acceptors (Lipinski definition) is 4. The Morgan fingerprint density at radius 2 is 1.85 bits per heavy atom. The predicted molar refractivity (Wildman–Crippen MR) is 104 cm³/mol. The van der Waals surface area contributed by atoms with Crippen LogP contribution in [-0.4, -0.2) is 41.9 Å². The van der Waals surface area contributed by atoms with Crippen LogP contribution in [0.15, 0.2) is 23.2 Å². The van der Waals surface area contributed by atoms with Gasteiger partial charge in [0.2, 0.25) is 5.91 Å². The smallest absolute Gasteiger partial charge is 0.305 e. The van der Waals surface area contributed by atoms with Gasteiger partial charge >= 0.3 is 5.97 Å². The van der Waals surface area contributed by atoms with E-state index in [-0.39, 0.29) is 35.4 Å². The van der Waals surface area contributed by atoms with E-state index in [9.17, 15) is 14.4 Å². The molecule has 0 atom stereocenters. The van der Waals surface area contributed by atoms with E-state index in [0.717, 1.165) is 12.8 Å². The van der Waals surface area contributed by atoms with Crippen LogP contribution in [-0.2, 0) is 9.59 Å². The van der Waals surface area contributed by atoms with E-state index in [1.165, 1.54) is 12.1 Å². The molecule has 7 N–H and O–H groups in total. The fourth-order valence-electron chi connectivity index (χ4n) is 2.16. The van der Waals surface area contributed by atoms with Gasteiger partial charge < -0.3 is 27.2 Å². The van der Waals surface area contributed by atoms with Crippen LogP contribution in [0, 0.1) is 0 Å². The third-order valence-electron chi connectivity index (χ3n) is 3.48. The Balaban J connectivity index is 2.48. The van der Waals surface area contributed by atoms with E-state index in [0.29, 0.717) is 25.1 Å². The first-order valence-electron chi connectivity index (χ1n) is 8.44. The molecule has 0 heterocycles. The van der Waals surface area contributed by atoms with Gasteiger partial charge in [0.25, 0.3) is 5.91 Å². The van der Waals surface area contributed by atoms with Crippen molar-refractivity contribution >= 4 is 41.0 Å². The number of nitrogens with one attached hydrogen (secondary N) is 2. The summed E-state index contributed by atoms with van der Waals surface area (Å²) in [5.41, 5.74) is 11.1. The molecule has 1 rings (SSSR count). The minimum Gasteiger partial charge on any atom is -0.481 e. The van der Waals surface area contributed by atoms with Gasteiger partial charge in [-0.1, -0.05) is 18.0 Å². The highest BCUT2D eigenvalue weighted by Crippen LogP contribution is 2.21. The van der Waals surface area contributed by atoms with Crippen molar-refractivity contribution in [1.29, 1.82) is 0 Å². The van der Waals surface area contributed by atoms with E-state index in [2.05, 4.69) is 15.6 Å². The average molecular weight is 398 g/mol. The van der Waals surface area contributed by atoms with Gasteiger partial charge in [0.1, 0.15) is 0 Å². The molecule has 0 bridgehead atoms. The number of carboxylic acids is 1. The monoisotopic (exact) mass is 397 g/mol. The first kappa shape index (κ1) is 22.2. The molecule has 0 saturated heterocycles. The highest BCUT2D eigenvalue weighted by Gasteiger charge is 2.12. The standard InChI is InChI=1S/C17H24ClN5O4/c18-13-6-5-11(10-12(13)16(27)21-9-7-15(25)26)23-14(24)4-2-1-3-8-22-17(19)20/h5-6,10H,1-4,7-9H2,(H,21,27)(H,23,24)(H,25,26)(H4,19,20,22). The number of amides is 2. The van der Waals surface area contributed by atoms with Crippen molar-refractivity contribution in [2.24, 2.45) is 16.5 Å². The predicted octanol–water partition coefficient (Wildman–Crippen LogP) is 1.32. The summed E-state index contributed by atoms with van der Waals surface area (Å²) in [7, 11) is 0. The first-order valence-corrected chi connectivity index (χ1v) is 8.82. The molecule has 0 unspecified atom stereocenters. The number of aliphatic imine (C=N–C) groups is 1. The van der Waals surface area contributed by atoms with E-state index < -0.39 is 11.9 Å². The van der Waals surface area contributed by atoms with Crippen LogP contribution in [0.5, 0.6) is 0 Å². The molecule has 0 aromatic heterocycles. The van der Waals surface area contributed by atoms with E-state index in [1.54, 1.807) is 6.07 Å². The van der Waals surface area contributed by atoms with Crippen molar-refractivity contribution in [3.05, 3.63) is 28.8 Å². The Labute approximate surface area is 162 Å². The summed E-state index contributed by atoms with van der Waals surface area (Å²) in [4.78, 5) is 38.4. The second-order valence-corrected chi connectivity index (χ2v) is 6.17. The number of aliphatic carboxylic acids is 1. The second kappa shape index (κ2) is 11.7. The van der Waals surface area contributed by atoms with Gasteiger partial charge in [-0.05, 0) is 31.0 Å². The van der Waals surface area contributed by atoms with E-state index in [4.69, 9.17) is 28.2 Å². The molecule has 2 amide bonds. The molecule has 1 aromatic rings. The van der Waals surface area contributed by atoms with Crippen LogP contribution in [0.1, 0.15) is 42.5 Å². The number of guanidine groups is 1. The summed E-state index contributed by atoms with van der Waals surface area (Å²) in [6.45, 7) is 0.516. The van der Waals surface area contributed by atoms with Crippen LogP contribution >= 0.6 is 11.6 Å². The summed E-state index contributed by atoms with van der Waals surface area (Å²) in [5, 5.41) is 14.0. The molecular formula is C17H24ClN5O4. The first-order chi connectivity index (χ1) is 12.8. The Hall–Kier alpha value is -2.81. The molecule has 0 aliphatic heterocycles. The fraction of sp³-hybridized carbons (Fsp3) is 0.412. The highest BCUT2D eigenvalue weighted by atomic mass is 35.5. The Bertz CT molecular complexity index is 705. The molecule has 0 saturated carbocycles. The lowest BCUT2D eigenvalue weighted by molar-refractivity contribution is -0.136. The minimum atomic E-state index is -1.01. The van der Waals surface area contributed by atoms with Crippen LogP contribution in [0.2, 0.25) is 5.02 Å². The van der Waals surface area contributed by atoms with E-state index in [1.807, 2.05) is 0 Å². The minimum absolute atomic E-state index is 0.0130. The number of nitrogens with zero attached hydrogens (tertiary/aromatic N) is 1. The third kappa shape index (κ3) is 9.45. The quantitative estimate of drug-likeness (QED) is 0.215. The molecule has 9 nitrogen and oxygen atoms in total. The number of carbonyl (C=O) groups is 3. The fourth-order valence-corrected chi connectivity index (χ4v) is 2.36. The highest BCUT2D eigenvalue weighted by molar-refractivity contribution is 6.34. The number of benzene rings is 1. The molecule has 0 fully saturated rings. The van der Waals surface area contributed by atoms with Gasteiger partial charge in [-0.3, -0.25) is 19.4 Å². The summed E-state index contributed by atoms with van der Waals surface area (Å²) in [6.07, 6.45) is 2.41. The molecule has 10 heteroatoms. The number of halogens is 1. The van der Waals surface area contributed by atoms with Crippen LogP contribution in [0.4, 0.5) is 5.69 Å². The Morgan fingerprint density at radius 1 is 1.11 bits per heavy atom. The molecule has 1 aromatic carbocycles. The zero-order valence-electron chi connectivity index (χ0n) is 14.8. The van der Waals surface area contributed by atoms with Crippen molar-refractivity contribution in [1.82, 2.24) is 5.32 Å². The maximum atomic E-state index is 12.1. The largest absolute Gasteiger partial charge is 0.481 e. The molecule has 148 valence electrons. The zero-order valence-corrected chi connectivity index (χ0v) is 15.6. The summed E-state index contributed by atoms with van der Waals surface area (Å²) < 4.78 is 0. The number of nitrogens with two attached hydrogens (primary N) is 2. The van der Waals surface area contributed by atoms with Crippen molar-refractivity contribution in [2.45, 2.75) is 32.1 Å². The Morgan fingerprint density at radius 3 is 2.52 bits per heavy atom. The molecule has 27 heavy (non-hydrogen) atoms. The topological polar surface area (TPSA) is 160 Å². The maximum Gasteiger partial charge on any atom is 0.305 e. The lowest BCUT2D eigenvalue weighted by Crippen LogP contribution is -2.26. The molecule has 0 radical (unpaired) electrons. The van der Waals surface area contributed by atoms with Crippen molar-refractivity contribution in [3.8, 4) is 0 Å². The van der Waals surface area contributed by atoms with Gasteiger partial charge in [-0.25, -0.2) is 0 Å². The summed E-state index contributed by atoms with van der Waals surface area (Å²) >= 11 is 6.01. The molecule has 0 aliphatic carbocycles. The van der Waals surface area contributed by atoms with Crippen molar-refractivity contribution in [3.63, 3.8) is 0 Å². The average Bonchev–Trinajstić information content (AvgIpc) is 2.59. The second-order valence-electron chi connectivity index (χ2n) is 5.76. The van der Waals surface area contributed by atoms with Crippen molar-refractivity contribution < 1.29 is 19.5 Å². The Kier molecular flexibility index (Phi) is 9.66. The van der Waals surface area contributed by atoms with Crippen molar-refractivity contribution in [2.75, 3.05) is 18.4 Å². The summed E-state index contributed by atoms with van der Waals surface area (Å²) in [5.74, 6) is -1.65. The molecular weight excluding hydrogens is 374 g/mol. The number of unbranched alkanes of at least 4 members (excludes halogenated alkanes) is 2. The number of anilines is 1. The van der Waals surface area contributed by atoms with Crippen LogP contribution < -0.4 is 22.1 Å². The van der Waals surface area contributed by atoms with Gasteiger partial charge in [0, 0.05) is 25.2 Å². The van der Waals surface area contributed by atoms with Crippen LogP contribution in [0.3, 0.4) is 0 Å². The molecule has 0 spiro atoms. The SMILES string of the molecule is NC(N)=NCCCCCC(=O)Nc1ccc(Cl)c(C(=O)NCCC(=O)O)c1. The van der Waals surface area contributed by atoms with Gasteiger partial charge in [-0.15, -0.1) is 0 Å². The normalized spacial score (nSPS) is 10.1. The van der Waals surface area contributed by atoms with Gasteiger partial charge in [0.15, 0.2) is 5.96 Å². The third-order valence-corrected chi connectivity index (χ3v) is 3.81.